The first kappa shape index (κ1) is 15.7. The number of ether oxygens (including phenoxy) is 1. The molecule has 1 atom stereocenters. The summed E-state index contributed by atoms with van der Waals surface area (Å²) in [5, 5.41) is 0. The fraction of sp³-hybridized carbons (Fsp3) is 0.786. The minimum Gasteiger partial charge on any atom is -0.444 e. The van der Waals surface area contributed by atoms with Crippen LogP contribution in [0.15, 0.2) is 0 Å². The van der Waals surface area contributed by atoms with Crippen molar-refractivity contribution in [3.05, 3.63) is 0 Å². The predicted octanol–water partition coefficient (Wildman–Crippen LogP) is 2.18. The van der Waals surface area contributed by atoms with E-state index in [1.165, 1.54) is 6.92 Å². The Balaban J connectivity index is 2.57. The first-order chi connectivity index (χ1) is 8.69. The van der Waals surface area contributed by atoms with Crippen LogP contribution in [0.1, 0.15) is 47.0 Å². The van der Waals surface area contributed by atoms with Gasteiger partial charge >= 0.3 is 6.09 Å². The van der Waals surface area contributed by atoms with E-state index >= 15 is 0 Å². The van der Waals surface area contributed by atoms with Crippen LogP contribution in [0.3, 0.4) is 0 Å². The number of hydrogen-bond donors (Lipinski definition) is 0. The fourth-order valence-corrected chi connectivity index (χ4v) is 2.12. The molecule has 0 aromatic rings. The number of rotatable bonds is 3. The van der Waals surface area contributed by atoms with Gasteiger partial charge in [-0.3, -0.25) is 9.59 Å². The second-order valence-electron chi connectivity index (χ2n) is 6.11. The summed E-state index contributed by atoms with van der Waals surface area (Å²) < 4.78 is 5.30. The van der Waals surface area contributed by atoms with Crippen molar-refractivity contribution in [3.8, 4) is 0 Å². The Labute approximate surface area is 114 Å². The number of carbonyl (C=O) groups is 3. The largest absolute Gasteiger partial charge is 0.444 e. The SMILES string of the molecule is CC(=O)CC(=O)C1CCCN(C(=O)OC(C)(C)C)C1. The summed E-state index contributed by atoms with van der Waals surface area (Å²) in [5.74, 6) is -0.426. The third kappa shape index (κ3) is 5.41. The molecular weight excluding hydrogens is 246 g/mol. The lowest BCUT2D eigenvalue weighted by molar-refractivity contribution is -0.129. The molecule has 1 unspecified atom stereocenters. The molecule has 1 heterocycles. The molecule has 1 aliphatic rings. The van der Waals surface area contributed by atoms with E-state index in [1.807, 2.05) is 20.8 Å². The first-order valence-electron chi connectivity index (χ1n) is 6.69. The van der Waals surface area contributed by atoms with Gasteiger partial charge in [-0.25, -0.2) is 4.79 Å². The second-order valence-corrected chi connectivity index (χ2v) is 6.11. The lowest BCUT2D eigenvalue weighted by Gasteiger charge is -2.33. The maximum atomic E-state index is 11.9. The minimum atomic E-state index is -0.534. The zero-order valence-electron chi connectivity index (χ0n) is 12.2. The van der Waals surface area contributed by atoms with Crippen molar-refractivity contribution < 1.29 is 19.1 Å². The van der Waals surface area contributed by atoms with Crippen LogP contribution >= 0.6 is 0 Å². The fourth-order valence-electron chi connectivity index (χ4n) is 2.12. The van der Waals surface area contributed by atoms with E-state index in [4.69, 9.17) is 4.74 Å². The summed E-state index contributed by atoms with van der Waals surface area (Å²) in [7, 11) is 0. The summed E-state index contributed by atoms with van der Waals surface area (Å²) in [6.45, 7) is 7.82. The monoisotopic (exact) mass is 269 g/mol. The van der Waals surface area contributed by atoms with Crippen molar-refractivity contribution in [1.82, 2.24) is 4.90 Å². The van der Waals surface area contributed by atoms with E-state index in [0.29, 0.717) is 13.1 Å². The van der Waals surface area contributed by atoms with Crippen molar-refractivity contribution >= 4 is 17.7 Å². The quantitative estimate of drug-likeness (QED) is 0.737. The number of amides is 1. The van der Waals surface area contributed by atoms with E-state index in [2.05, 4.69) is 0 Å². The Morgan fingerprint density at radius 2 is 1.89 bits per heavy atom. The molecule has 0 radical (unpaired) electrons. The molecule has 19 heavy (non-hydrogen) atoms. The topological polar surface area (TPSA) is 63.7 Å². The van der Waals surface area contributed by atoms with Crippen LogP contribution in [0.5, 0.6) is 0 Å². The van der Waals surface area contributed by atoms with Gasteiger partial charge in [-0.05, 0) is 40.5 Å². The van der Waals surface area contributed by atoms with Crippen LogP contribution in [-0.4, -0.2) is 41.3 Å². The van der Waals surface area contributed by atoms with Crippen molar-refractivity contribution in [3.63, 3.8) is 0 Å². The highest BCUT2D eigenvalue weighted by atomic mass is 16.6. The van der Waals surface area contributed by atoms with Crippen LogP contribution in [0, 0.1) is 5.92 Å². The van der Waals surface area contributed by atoms with Crippen LogP contribution in [0.25, 0.3) is 0 Å². The van der Waals surface area contributed by atoms with Crippen molar-refractivity contribution in [1.29, 1.82) is 0 Å². The molecule has 1 aliphatic heterocycles. The molecule has 0 N–H and O–H groups in total. The highest BCUT2D eigenvalue weighted by molar-refractivity contribution is 5.99. The molecule has 0 aromatic carbocycles. The van der Waals surface area contributed by atoms with Crippen LogP contribution in [0.2, 0.25) is 0 Å². The van der Waals surface area contributed by atoms with Crippen molar-refractivity contribution in [2.45, 2.75) is 52.6 Å². The van der Waals surface area contributed by atoms with Crippen LogP contribution in [-0.2, 0) is 14.3 Å². The first-order valence-corrected chi connectivity index (χ1v) is 6.69. The van der Waals surface area contributed by atoms with Gasteiger partial charge in [0, 0.05) is 19.0 Å². The number of hydrogen-bond acceptors (Lipinski definition) is 4. The summed E-state index contributed by atoms with van der Waals surface area (Å²) >= 11 is 0. The van der Waals surface area contributed by atoms with E-state index in [9.17, 15) is 14.4 Å². The highest BCUT2D eigenvalue weighted by Crippen LogP contribution is 2.21. The number of Topliss-reactive ketones (excluding diaryl/α,β-unsaturated/α-hetero) is 2. The Hall–Kier alpha value is -1.39. The minimum absolute atomic E-state index is 0.0349. The summed E-state index contributed by atoms with van der Waals surface area (Å²) in [6.07, 6.45) is 1.10. The normalized spacial score (nSPS) is 20.0. The van der Waals surface area contributed by atoms with Gasteiger partial charge in [0.2, 0.25) is 0 Å². The van der Waals surface area contributed by atoms with Gasteiger partial charge in [-0.1, -0.05) is 0 Å². The van der Waals surface area contributed by atoms with Crippen molar-refractivity contribution in [2.24, 2.45) is 5.92 Å². The Morgan fingerprint density at radius 1 is 1.26 bits per heavy atom. The average Bonchev–Trinajstić information content (AvgIpc) is 2.26. The molecule has 0 saturated carbocycles. The molecule has 0 spiro atoms. The second kappa shape index (κ2) is 6.17. The molecule has 108 valence electrons. The molecule has 1 amide bonds. The maximum Gasteiger partial charge on any atom is 0.410 e. The lowest BCUT2D eigenvalue weighted by atomic mass is 9.91. The predicted molar refractivity (Wildman–Crippen MR) is 70.8 cm³/mol. The average molecular weight is 269 g/mol. The molecular formula is C14H23NO4. The number of piperidine rings is 1. The van der Waals surface area contributed by atoms with Crippen molar-refractivity contribution in [2.75, 3.05) is 13.1 Å². The standard InChI is InChI=1S/C14H23NO4/c1-10(16)8-12(17)11-6-5-7-15(9-11)13(18)19-14(2,3)4/h11H,5-9H2,1-4H3. The van der Waals surface area contributed by atoms with Gasteiger partial charge < -0.3 is 9.64 Å². The summed E-state index contributed by atoms with van der Waals surface area (Å²) in [6, 6.07) is 0. The molecule has 0 aliphatic carbocycles. The molecule has 0 bridgehead atoms. The number of nitrogens with zero attached hydrogens (tertiary/aromatic N) is 1. The van der Waals surface area contributed by atoms with Gasteiger partial charge in [0.15, 0.2) is 0 Å². The summed E-state index contributed by atoms with van der Waals surface area (Å²) in [5.41, 5.74) is -0.534. The van der Waals surface area contributed by atoms with E-state index < -0.39 is 5.60 Å². The van der Waals surface area contributed by atoms with Gasteiger partial charge in [-0.2, -0.15) is 0 Å². The Kier molecular flexibility index (Phi) is 5.09. The van der Waals surface area contributed by atoms with E-state index in [-0.39, 0.29) is 30.0 Å². The van der Waals surface area contributed by atoms with Gasteiger partial charge in [0.1, 0.15) is 17.2 Å². The zero-order valence-corrected chi connectivity index (χ0v) is 12.2. The molecule has 1 rings (SSSR count). The third-order valence-corrected chi connectivity index (χ3v) is 2.95. The molecule has 5 nitrogen and oxygen atoms in total. The van der Waals surface area contributed by atoms with Gasteiger partial charge in [0.05, 0.1) is 6.42 Å². The molecule has 5 heteroatoms. The maximum absolute atomic E-state index is 11.9. The van der Waals surface area contributed by atoms with E-state index in [1.54, 1.807) is 4.90 Å². The van der Waals surface area contributed by atoms with E-state index in [0.717, 1.165) is 12.8 Å². The highest BCUT2D eigenvalue weighted by Gasteiger charge is 2.31. The molecule has 1 fully saturated rings. The molecule has 1 saturated heterocycles. The Morgan fingerprint density at radius 3 is 2.42 bits per heavy atom. The number of carbonyl (C=O) groups excluding carboxylic acids is 3. The summed E-state index contributed by atoms with van der Waals surface area (Å²) in [4.78, 5) is 36.3. The van der Waals surface area contributed by atoms with Gasteiger partial charge in [-0.15, -0.1) is 0 Å². The number of ketones is 2. The van der Waals surface area contributed by atoms with Gasteiger partial charge in [0.25, 0.3) is 0 Å². The molecule has 0 aromatic heterocycles. The zero-order chi connectivity index (χ0) is 14.6. The van der Waals surface area contributed by atoms with Crippen LogP contribution < -0.4 is 0 Å². The lowest BCUT2D eigenvalue weighted by Crippen LogP contribution is -2.44. The van der Waals surface area contributed by atoms with Crippen LogP contribution in [0.4, 0.5) is 4.79 Å². The Bertz CT molecular complexity index is 370. The smallest absolute Gasteiger partial charge is 0.410 e. The number of likely N-dealkylation sites (tertiary alicyclic amines) is 1. The third-order valence-electron chi connectivity index (χ3n) is 2.95.